The minimum atomic E-state index is -6.43. The van der Waals surface area contributed by atoms with Crippen LogP contribution in [0.3, 0.4) is 0 Å². The van der Waals surface area contributed by atoms with Gasteiger partial charge in [0.05, 0.1) is 39.4 Å². The number of halogens is 18. The van der Waals surface area contributed by atoms with E-state index in [1.165, 1.54) is 0 Å². The fraction of sp³-hybridized carbons (Fsp3) is 0.519. The van der Waals surface area contributed by atoms with Crippen molar-refractivity contribution in [1.29, 1.82) is 0 Å². The van der Waals surface area contributed by atoms with Crippen LogP contribution in [-0.4, -0.2) is 41.6 Å². The maximum atomic E-state index is 14.0. The maximum absolute atomic E-state index is 14.0. The smallest absolute Gasteiger partial charge is 0.378 e. The molecular weight excluding hydrogens is 724 g/mol. The Morgan fingerprint density at radius 2 is 0.939 bits per heavy atom. The second-order valence-electron chi connectivity index (χ2n) is 12.0. The molecule has 49 heavy (non-hydrogen) atoms. The van der Waals surface area contributed by atoms with E-state index in [4.69, 9.17) is 0 Å². The molecule has 2 aliphatic heterocycles. The molecule has 2 aromatic carbocycles. The summed E-state index contributed by atoms with van der Waals surface area (Å²) in [5, 5.41) is 14.3. The molecule has 2 aromatic rings. The molecule has 1 fully saturated rings. The summed E-state index contributed by atoms with van der Waals surface area (Å²) >= 11 is 0. The molecule has 0 aromatic heterocycles. The second kappa shape index (κ2) is 11.2. The summed E-state index contributed by atoms with van der Waals surface area (Å²) < 4.78 is 251. The molecule has 2 aliphatic rings. The number of fused-ring (bicyclic) bond motifs is 1. The molecule has 22 heteroatoms. The van der Waals surface area contributed by atoms with Crippen LogP contribution in [0.1, 0.15) is 58.4 Å². The van der Waals surface area contributed by atoms with Gasteiger partial charge in [-0.15, -0.1) is 0 Å². The molecule has 0 saturated carbocycles. The number of nitrogens with zero attached hydrogens (tertiary/aromatic N) is 2. The number of rotatable bonds is 3. The Morgan fingerprint density at radius 1 is 0.612 bits per heavy atom. The van der Waals surface area contributed by atoms with Gasteiger partial charge in [0.15, 0.2) is 5.96 Å². The Balaban J connectivity index is 2.22. The van der Waals surface area contributed by atoms with Crippen LogP contribution in [0.4, 0.5) is 79.0 Å². The number of aliphatic hydroxyl groups is 1. The SMILES string of the molecule is CC1(C)CN=C2N[C@H](C(O)(c3cc(C(F)(F)F)c(C(F)(F)F)c(C(F)(F)F)c3)c3cc(C(F)(F)F)c(C(F)(F)F)c(C(F)(F)F)c3)CN2C1. The highest BCUT2D eigenvalue weighted by Crippen LogP contribution is 2.52. The number of aliphatic imine (C=N–C) groups is 1. The van der Waals surface area contributed by atoms with Gasteiger partial charge in [-0.3, -0.25) is 4.99 Å². The molecule has 0 aliphatic carbocycles. The molecule has 274 valence electrons. The van der Waals surface area contributed by atoms with Crippen LogP contribution in [0.2, 0.25) is 0 Å². The third-order valence-corrected chi connectivity index (χ3v) is 7.73. The van der Waals surface area contributed by atoms with Crippen molar-refractivity contribution < 1.29 is 84.1 Å². The molecule has 4 nitrogen and oxygen atoms in total. The lowest BCUT2D eigenvalue weighted by Gasteiger charge is -2.37. The molecule has 4 rings (SSSR count). The Morgan fingerprint density at radius 3 is 1.22 bits per heavy atom. The normalized spacial score (nSPS) is 19.5. The van der Waals surface area contributed by atoms with Crippen molar-refractivity contribution in [3.05, 3.63) is 68.8 Å². The number of hydrogen-bond acceptors (Lipinski definition) is 4. The van der Waals surface area contributed by atoms with E-state index in [0.717, 1.165) is 4.90 Å². The molecule has 0 spiro atoms. The van der Waals surface area contributed by atoms with Gasteiger partial charge in [-0.2, -0.15) is 79.0 Å². The van der Waals surface area contributed by atoms with Crippen LogP contribution < -0.4 is 5.32 Å². The maximum Gasteiger partial charge on any atom is 0.417 e. The van der Waals surface area contributed by atoms with E-state index >= 15 is 0 Å². The lowest BCUT2D eigenvalue weighted by Crippen LogP contribution is -2.49. The Bertz CT molecular complexity index is 1480. The molecule has 0 bridgehead atoms. The Labute approximate surface area is 262 Å². The molecule has 0 amide bonds. The zero-order valence-corrected chi connectivity index (χ0v) is 24.2. The van der Waals surface area contributed by atoms with Gasteiger partial charge in [0.1, 0.15) is 5.60 Å². The van der Waals surface area contributed by atoms with Crippen molar-refractivity contribution in [2.75, 3.05) is 19.6 Å². The topological polar surface area (TPSA) is 47.9 Å². The first kappa shape index (κ1) is 38.2. The summed E-state index contributed by atoms with van der Waals surface area (Å²) in [6.45, 7) is 2.11. The standard InChI is InChI=1S/C27H19F18N3O/c1-20(2)8-46-19-47-16(7-48(19)9-20)21(49,10-3-12(22(28,29)30)17(26(40,41)42)13(4-10)23(31,32)33)11-5-14(24(34,35)36)18(27(43,44)45)15(6-11)25(37,38)39/h3-6,16,49H,7-9H2,1-2H3,(H,46,47)/t16-/m0/s1. The van der Waals surface area contributed by atoms with Crippen molar-refractivity contribution >= 4 is 5.96 Å². The molecule has 0 unspecified atom stereocenters. The molecule has 1 saturated heterocycles. The first-order chi connectivity index (χ1) is 21.7. The quantitative estimate of drug-likeness (QED) is 0.310. The van der Waals surface area contributed by atoms with Crippen molar-refractivity contribution in [2.24, 2.45) is 10.4 Å². The van der Waals surface area contributed by atoms with Gasteiger partial charge in [0, 0.05) is 25.0 Å². The van der Waals surface area contributed by atoms with E-state index in [0.29, 0.717) is 0 Å². The summed E-state index contributed by atoms with van der Waals surface area (Å²) in [5.74, 6) is -0.333. The number of nitrogens with one attached hydrogen (secondary N) is 1. The highest BCUT2D eigenvalue weighted by Gasteiger charge is 2.56. The molecular formula is C27H19F18N3O. The van der Waals surface area contributed by atoms with Crippen molar-refractivity contribution in [3.63, 3.8) is 0 Å². The van der Waals surface area contributed by atoms with Crippen LogP contribution in [0.15, 0.2) is 29.3 Å². The zero-order chi connectivity index (χ0) is 37.7. The van der Waals surface area contributed by atoms with E-state index in [9.17, 15) is 84.1 Å². The third-order valence-electron chi connectivity index (χ3n) is 7.73. The number of benzene rings is 2. The number of guanidine groups is 1. The van der Waals surface area contributed by atoms with Gasteiger partial charge in [-0.25, -0.2) is 0 Å². The van der Waals surface area contributed by atoms with Gasteiger partial charge >= 0.3 is 37.1 Å². The van der Waals surface area contributed by atoms with Crippen molar-refractivity contribution in [3.8, 4) is 0 Å². The van der Waals surface area contributed by atoms with Crippen LogP contribution in [0.25, 0.3) is 0 Å². The highest BCUT2D eigenvalue weighted by molar-refractivity contribution is 5.83. The van der Waals surface area contributed by atoms with E-state index in [2.05, 4.69) is 10.3 Å². The van der Waals surface area contributed by atoms with Gasteiger partial charge < -0.3 is 15.3 Å². The number of hydrogen-bond donors (Lipinski definition) is 2. The molecule has 0 radical (unpaired) electrons. The summed E-state index contributed by atoms with van der Waals surface area (Å²) in [6, 6.07) is -5.37. The minimum absolute atomic E-state index is 0.0651. The average Bonchev–Trinajstić information content (AvgIpc) is 3.30. The highest BCUT2D eigenvalue weighted by atomic mass is 19.4. The predicted octanol–water partition coefficient (Wildman–Crippen LogP) is 8.70. The second-order valence-corrected chi connectivity index (χ2v) is 12.0. The first-order valence-electron chi connectivity index (χ1n) is 13.3. The van der Waals surface area contributed by atoms with Crippen molar-refractivity contribution in [1.82, 2.24) is 10.2 Å². The summed E-state index contributed by atoms with van der Waals surface area (Å²) in [7, 11) is 0. The lowest BCUT2D eigenvalue weighted by atomic mass is 9.76. The molecule has 1 atom stereocenters. The lowest BCUT2D eigenvalue weighted by molar-refractivity contribution is -0.175. The summed E-state index contributed by atoms with van der Waals surface area (Å²) in [5.41, 5.74) is -28.2. The van der Waals surface area contributed by atoms with Crippen molar-refractivity contribution in [2.45, 2.75) is 62.5 Å². The van der Waals surface area contributed by atoms with E-state index in [1.54, 1.807) is 13.8 Å². The van der Waals surface area contributed by atoms with Gasteiger partial charge in [-0.1, -0.05) is 13.8 Å². The molecule has 2 N–H and O–H groups in total. The molecule has 2 heterocycles. The van der Waals surface area contributed by atoms with Crippen LogP contribution in [-0.2, 0) is 42.7 Å². The fourth-order valence-corrected chi connectivity index (χ4v) is 5.78. The van der Waals surface area contributed by atoms with E-state index in [1.807, 2.05) is 0 Å². The minimum Gasteiger partial charge on any atom is -0.378 e. The van der Waals surface area contributed by atoms with Gasteiger partial charge in [0.25, 0.3) is 0 Å². The van der Waals surface area contributed by atoms with E-state index in [-0.39, 0.29) is 19.0 Å². The summed E-state index contributed by atoms with van der Waals surface area (Å²) in [4.78, 5) is 5.14. The largest absolute Gasteiger partial charge is 0.417 e. The average molecular weight is 743 g/mol. The summed E-state index contributed by atoms with van der Waals surface area (Å²) in [6.07, 6.45) is -38.3. The third kappa shape index (κ3) is 7.19. The Hall–Kier alpha value is -3.59. The number of alkyl halides is 18. The van der Waals surface area contributed by atoms with Gasteiger partial charge in [-0.05, 0) is 35.4 Å². The van der Waals surface area contributed by atoms with Crippen LogP contribution in [0.5, 0.6) is 0 Å². The predicted molar refractivity (Wildman–Crippen MR) is 130 cm³/mol. The van der Waals surface area contributed by atoms with Crippen LogP contribution >= 0.6 is 0 Å². The van der Waals surface area contributed by atoms with Gasteiger partial charge in [0.2, 0.25) is 0 Å². The monoisotopic (exact) mass is 743 g/mol. The first-order valence-corrected chi connectivity index (χ1v) is 13.3. The fourth-order valence-electron chi connectivity index (χ4n) is 5.78. The van der Waals surface area contributed by atoms with E-state index < -0.39 is 129 Å². The van der Waals surface area contributed by atoms with Crippen LogP contribution in [0, 0.1) is 5.41 Å². The zero-order valence-electron chi connectivity index (χ0n) is 24.2. The Kier molecular flexibility index (Phi) is 8.74.